The SMILES string of the molecule is CCC1CC=C2C=C3CCC4(C)C(C(C)CCC5CCN(C)CC5C)CCC4C34CCC2(C1)O4. The van der Waals surface area contributed by atoms with Gasteiger partial charge in [0.1, 0.15) is 0 Å². The monoisotopic (exact) mass is 465 g/mol. The second-order valence-electron chi connectivity index (χ2n) is 14.1. The topological polar surface area (TPSA) is 12.5 Å². The van der Waals surface area contributed by atoms with Crippen LogP contribution in [0.5, 0.6) is 0 Å². The number of likely N-dealkylation sites (tertiary alicyclic amines) is 1. The molecule has 190 valence electrons. The fourth-order valence-corrected chi connectivity index (χ4v) is 10.4. The molecule has 3 aliphatic heterocycles. The third kappa shape index (κ3) is 3.47. The highest BCUT2D eigenvalue weighted by atomic mass is 16.5. The summed E-state index contributed by atoms with van der Waals surface area (Å²) in [5.74, 6) is 5.13. The van der Waals surface area contributed by atoms with Crippen molar-refractivity contribution in [3.05, 3.63) is 23.3 Å². The summed E-state index contributed by atoms with van der Waals surface area (Å²) in [6.07, 6.45) is 21.5. The molecule has 2 heteroatoms. The van der Waals surface area contributed by atoms with Gasteiger partial charge in [-0.25, -0.2) is 0 Å². The Bertz CT molecular complexity index is 859. The summed E-state index contributed by atoms with van der Waals surface area (Å²) >= 11 is 0. The highest BCUT2D eigenvalue weighted by Crippen LogP contribution is 2.69. The molecule has 2 bridgehead atoms. The van der Waals surface area contributed by atoms with Crippen molar-refractivity contribution in [2.45, 2.75) is 116 Å². The largest absolute Gasteiger partial charge is 0.359 e. The summed E-state index contributed by atoms with van der Waals surface area (Å²) in [5, 5.41) is 0. The van der Waals surface area contributed by atoms with Gasteiger partial charge in [-0.2, -0.15) is 0 Å². The van der Waals surface area contributed by atoms with Gasteiger partial charge in [-0.15, -0.1) is 0 Å². The molecule has 2 saturated heterocycles. The first-order chi connectivity index (χ1) is 16.3. The first-order valence-electron chi connectivity index (χ1n) is 15.1. The van der Waals surface area contributed by atoms with Crippen molar-refractivity contribution >= 4 is 0 Å². The third-order valence-corrected chi connectivity index (χ3v) is 12.4. The summed E-state index contributed by atoms with van der Waals surface area (Å²) < 4.78 is 7.46. The minimum Gasteiger partial charge on any atom is -0.359 e. The van der Waals surface area contributed by atoms with E-state index in [-0.39, 0.29) is 11.2 Å². The van der Waals surface area contributed by atoms with Gasteiger partial charge < -0.3 is 9.64 Å². The van der Waals surface area contributed by atoms with Crippen molar-refractivity contribution in [2.75, 3.05) is 20.1 Å². The molecule has 6 aliphatic rings. The fraction of sp³-hybridized carbons (Fsp3) is 0.875. The number of hydrogen-bond acceptors (Lipinski definition) is 2. The zero-order valence-corrected chi connectivity index (χ0v) is 22.9. The molecule has 2 saturated carbocycles. The van der Waals surface area contributed by atoms with Crippen LogP contribution in [-0.2, 0) is 4.74 Å². The molecule has 0 aromatic heterocycles. The molecule has 4 fully saturated rings. The Morgan fingerprint density at radius 1 is 1.18 bits per heavy atom. The van der Waals surface area contributed by atoms with Crippen molar-refractivity contribution < 1.29 is 4.74 Å². The predicted molar refractivity (Wildman–Crippen MR) is 142 cm³/mol. The standard InChI is InChI=1S/C32H51NO/c1-6-24-8-10-26-19-27-13-15-30(4)28(22(2)7-9-25-14-18-33(5)21-23(25)3)11-12-29(30)32(27)17-16-31(26,20-24)34-32/h10,19,22-25,28-29H,6-9,11-18,20-21H2,1-5H3. The molecular formula is C32H51NO. The Kier molecular flexibility index (Phi) is 5.93. The molecular weight excluding hydrogens is 414 g/mol. The third-order valence-electron chi connectivity index (χ3n) is 12.4. The lowest BCUT2D eigenvalue weighted by Crippen LogP contribution is -2.55. The molecule has 0 radical (unpaired) electrons. The van der Waals surface area contributed by atoms with E-state index in [4.69, 9.17) is 4.74 Å². The molecule has 0 aromatic rings. The van der Waals surface area contributed by atoms with Gasteiger partial charge >= 0.3 is 0 Å². The number of nitrogens with zero attached hydrogens (tertiary/aromatic N) is 1. The average molecular weight is 466 g/mol. The zero-order valence-electron chi connectivity index (χ0n) is 22.9. The molecule has 3 heterocycles. The van der Waals surface area contributed by atoms with Crippen molar-refractivity contribution in [1.29, 1.82) is 0 Å². The minimum absolute atomic E-state index is 0.0641. The lowest BCUT2D eigenvalue weighted by Gasteiger charge is -2.56. The summed E-state index contributed by atoms with van der Waals surface area (Å²) in [6, 6.07) is 0. The molecule has 0 aromatic carbocycles. The molecule has 9 atom stereocenters. The Balaban J connectivity index is 1.19. The molecule has 6 rings (SSSR count). The van der Waals surface area contributed by atoms with Gasteiger partial charge in [0.05, 0.1) is 11.2 Å². The molecule has 9 unspecified atom stereocenters. The van der Waals surface area contributed by atoms with Crippen LogP contribution in [0, 0.1) is 40.9 Å². The van der Waals surface area contributed by atoms with Gasteiger partial charge in [-0.1, -0.05) is 52.7 Å². The van der Waals surface area contributed by atoms with Gasteiger partial charge in [0, 0.05) is 6.54 Å². The van der Waals surface area contributed by atoms with Crippen LogP contribution in [0.25, 0.3) is 0 Å². The summed E-state index contributed by atoms with van der Waals surface area (Å²) in [5.41, 5.74) is 3.88. The normalized spacial score (nSPS) is 49.0. The van der Waals surface area contributed by atoms with Crippen molar-refractivity contribution in [3.8, 4) is 0 Å². The molecule has 3 aliphatic carbocycles. The number of ether oxygens (including phenoxy) is 1. The highest BCUT2D eigenvalue weighted by Gasteiger charge is 2.67. The van der Waals surface area contributed by atoms with Crippen molar-refractivity contribution in [1.82, 2.24) is 4.90 Å². The quantitative estimate of drug-likeness (QED) is 0.411. The van der Waals surface area contributed by atoms with Crippen LogP contribution in [0.3, 0.4) is 0 Å². The van der Waals surface area contributed by atoms with Gasteiger partial charge in [-0.3, -0.25) is 0 Å². The molecule has 2 spiro atoms. The minimum atomic E-state index is 0.0641. The van der Waals surface area contributed by atoms with E-state index in [2.05, 4.69) is 51.8 Å². The van der Waals surface area contributed by atoms with E-state index in [9.17, 15) is 0 Å². The lowest BCUT2D eigenvalue weighted by molar-refractivity contribution is -0.149. The van der Waals surface area contributed by atoms with Gasteiger partial charge in [-0.05, 0) is 130 Å². The highest BCUT2D eigenvalue weighted by molar-refractivity contribution is 5.46. The Labute approximate surface area is 210 Å². The predicted octanol–water partition coefficient (Wildman–Crippen LogP) is 7.79. The van der Waals surface area contributed by atoms with Crippen LogP contribution >= 0.6 is 0 Å². The van der Waals surface area contributed by atoms with Gasteiger partial charge in [0.15, 0.2) is 0 Å². The van der Waals surface area contributed by atoms with Crippen LogP contribution in [0.15, 0.2) is 23.3 Å². The van der Waals surface area contributed by atoms with Gasteiger partial charge in [0.25, 0.3) is 0 Å². The summed E-state index contributed by atoms with van der Waals surface area (Å²) in [7, 11) is 2.30. The van der Waals surface area contributed by atoms with E-state index in [1.807, 2.05) is 0 Å². The maximum Gasteiger partial charge on any atom is 0.0944 e. The van der Waals surface area contributed by atoms with E-state index in [1.165, 1.54) is 90.1 Å². The van der Waals surface area contributed by atoms with Gasteiger partial charge in [0.2, 0.25) is 0 Å². The van der Waals surface area contributed by atoms with E-state index < -0.39 is 0 Å². The Morgan fingerprint density at radius 2 is 2.03 bits per heavy atom. The van der Waals surface area contributed by atoms with E-state index in [1.54, 1.807) is 11.1 Å². The van der Waals surface area contributed by atoms with Crippen molar-refractivity contribution in [3.63, 3.8) is 0 Å². The number of fused-ring (bicyclic) bond motifs is 1. The number of hydrogen-bond donors (Lipinski definition) is 0. The zero-order chi connectivity index (χ0) is 23.7. The summed E-state index contributed by atoms with van der Waals surface area (Å²) in [6.45, 7) is 12.8. The van der Waals surface area contributed by atoms with E-state index >= 15 is 0 Å². The first-order valence-corrected chi connectivity index (χ1v) is 15.1. The second-order valence-corrected chi connectivity index (χ2v) is 14.1. The molecule has 0 N–H and O–H groups in total. The molecule has 0 amide bonds. The number of rotatable bonds is 5. The lowest BCUT2D eigenvalue weighted by atomic mass is 9.55. The fourth-order valence-electron chi connectivity index (χ4n) is 10.4. The van der Waals surface area contributed by atoms with Crippen LogP contribution in [0.1, 0.15) is 105 Å². The van der Waals surface area contributed by atoms with Crippen molar-refractivity contribution in [2.24, 2.45) is 40.9 Å². The van der Waals surface area contributed by atoms with Crippen LogP contribution in [0.4, 0.5) is 0 Å². The number of allylic oxidation sites excluding steroid dienone is 1. The first kappa shape index (κ1) is 23.8. The Hall–Kier alpha value is -0.600. The maximum absolute atomic E-state index is 7.46. The second kappa shape index (κ2) is 8.47. The average Bonchev–Trinajstić information content (AvgIpc) is 3.33. The molecule has 34 heavy (non-hydrogen) atoms. The van der Waals surface area contributed by atoms with Crippen LogP contribution in [-0.4, -0.2) is 36.2 Å². The van der Waals surface area contributed by atoms with Crippen LogP contribution in [0.2, 0.25) is 0 Å². The maximum atomic E-state index is 7.46. The smallest absolute Gasteiger partial charge is 0.0944 e. The van der Waals surface area contributed by atoms with E-state index in [0.29, 0.717) is 5.41 Å². The summed E-state index contributed by atoms with van der Waals surface area (Å²) in [4.78, 5) is 2.54. The number of piperidine rings is 1. The van der Waals surface area contributed by atoms with E-state index in [0.717, 1.165) is 35.5 Å². The van der Waals surface area contributed by atoms with Crippen LogP contribution < -0.4 is 0 Å². The molecule has 2 nitrogen and oxygen atoms in total. The Morgan fingerprint density at radius 3 is 2.82 bits per heavy atom.